The zero-order valence-corrected chi connectivity index (χ0v) is 6.43. The molecule has 0 aromatic rings. The third-order valence-corrected chi connectivity index (χ3v) is 2.11. The third kappa shape index (κ3) is 1.14. The average Bonchev–Trinajstić information content (AvgIpc) is 2.35. The van der Waals surface area contributed by atoms with E-state index in [4.69, 9.17) is 4.74 Å². The lowest BCUT2D eigenvalue weighted by Gasteiger charge is -2.09. The molecule has 0 aromatic carbocycles. The number of hydrogen-bond acceptors (Lipinski definition) is 3. The molecule has 2 aliphatic rings. The van der Waals surface area contributed by atoms with Gasteiger partial charge in [-0.1, -0.05) is 0 Å². The third-order valence-electron chi connectivity index (χ3n) is 2.11. The predicted molar refractivity (Wildman–Crippen MR) is 39.4 cm³/mol. The minimum Gasteiger partial charge on any atom is -0.389 e. The summed E-state index contributed by atoms with van der Waals surface area (Å²) in [5.41, 5.74) is 0. The Kier molecular flexibility index (Phi) is 2.52. The summed E-state index contributed by atoms with van der Waals surface area (Å²) in [5, 5.41) is 12.4. The molecule has 0 spiro atoms. The molecule has 0 aromatic heterocycles. The molecule has 2 saturated heterocycles. The molecule has 3 nitrogen and oxygen atoms in total. The Labute approximate surface area is 66.2 Å². The summed E-state index contributed by atoms with van der Waals surface area (Å²) in [6.45, 7) is 1.51. The standard InChI is InChI=1S/C6H11NO2.ClH/c8-4-3-9-5-1-2-7-6(4)5;/h4-8H,1-3H2;1H/t4?,5-,6?;/m1./s1. The van der Waals surface area contributed by atoms with Crippen molar-refractivity contribution in [2.45, 2.75) is 24.7 Å². The predicted octanol–water partition coefficient (Wildman–Crippen LogP) is -0.470. The topological polar surface area (TPSA) is 41.5 Å². The van der Waals surface area contributed by atoms with Gasteiger partial charge in [0, 0.05) is 0 Å². The lowest BCUT2D eigenvalue weighted by Crippen LogP contribution is -2.36. The Bertz CT molecular complexity index is 122. The quantitative estimate of drug-likeness (QED) is 0.510. The van der Waals surface area contributed by atoms with E-state index in [1.807, 2.05) is 0 Å². The molecular formula is C6H12ClNO2. The summed E-state index contributed by atoms with van der Waals surface area (Å²) >= 11 is 0. The van der Waals surface area contributed by atoms with Crippen molar-refractivity contribution < 1.29 is 9.84 Å². The maximum atomic E-state index is 9.21. The van der Waals surface area contributed by atoms with E-state index in [0.717, 1.165) is 13.0 Å². The van der Waals surface area contributed by atoms with Crippen molar-refractivity contribution in [2.75, 3.05) is 13.2 Å². The molecule has 2 fully saturated rings. The van der Waals surface area contributed by atoms with Gasteiger partial charge < -0.3 is 15.2 Å². The Hall–Kier alpha value is 0.170. The molecule has 2 N–H and O–H groups in total. The lowest BCUT2D eigenvalue weighted by atomic mass is 10.1. The summed E-state index contributed by atoms with van der Waals surface area (Å²) in [6, 6.07) is 0.227. The molecule has 2 heterocycles. The second-order valence-corrected chi connectivity index (χ2v) is 2.71. The molecule has 4 heteroatoms. The highest BCUT2D eigenvalue weighted by Crippen LogP contribution is 2.21. The maximum absolute atomic E-state index is 9.21. The van der Waals surface area contributed by atoms with E-state index in [2.05, 4.69) is 5.32 Å². The summed E-state index contributed by atoms with van der Waals surface area (Å²) in [5.74, 6) is 0. The van der Waals surface area contributed by atoms with E-state index >= 15 is 0 Å². The van der Waals surface area contributed by atoms with Crippen LogP contribution in [-0.2, 0) is 4.74 Å². The molecule has 10 heavy (non-hydrogen) atoms. The van der Waals surface area contributed by atoms with E-state index in [1.54, 1.807) is 0 Å². The van der Waals surface area contributed by atoms with E-state index in [9.17, 15) is 5.11 Å². The van der Waals surface area contributed by atoms with Crippen molar-refractivity contribution in [3.8, 4) is 0 Å². The number of rotatable bonds is 0. The largest absolute Gasteiger partial charge is 0.389 e. The van der Waals surface area contributed by atoms with Gasteiger partial charge in [-0.25, -0.2) is 0 Å². The fourth-order valence-corrected chi connectivity index (χ4v) is 1.60. The number of ether oxygens (including phenoxy) is 1. The van der Waals surface area contributed by atoms with E-state index in [-0.39, 0.29) is 24.6 Å². The number of fused-ring (bicyclic) bond motifs is 1. The highest BCUT2D eigenvalue weighted by Gasteiger charge is 2.38. The highest BCUT2D eigenvalue weighted by molar-refractivity contribution is 5.85. The zero-order valence-electron chi connectivity index (χ0n) is 5.62. The van der Waals surface area contributed by atoms with Gasteiger partial charge in [-0.3, -0.25) is 0 Å². The smallest absolute Gasteiger partial charge is 0.0951 e. The zero-order chi connectivity index (χ0) is 6.27. The first-order valence-electron chi connectivity index (χ1n) is 3.41. The number of halogens is 1. The van der Waals surface area contributed by atoms with Crippen molar-refractivity contribution in [1.29, 1.82) is 0 Å². The van der Waals surface area contributed by atoms with Crippen LogP contribution >= 0.6 is 12.4 Å². The van der Waals surface area contributed by atoms with Crippen LogP contribution in [0.3, 0.4) is 0 Å². The van der Waals surface area contributed by atoms with Crippen molar-refractivity contribution in [1.82, 2.24) is 5.32 Å². The van der Waals surface area contributed by atoms with Crippen LogP contribution in [0.25, 0.3) is 0 Å². The Morgan fingerprint density at radius 3 is 3.00 bits per heavy atom. The minimum absolute atomic E-state index is 0. The van der Waals surface area contributed by atoms with E-state index < -0.39 is 0 Å². The van der Waals surface area contributed by atoms with Crippen LogP contribution in [-0.4, -0.2) is 36.5 Å². The van der Waals surface area contributed by atoms with Crippen LogP contribution < -0.4 is 5.32 Å². The van der Waals surface area contributed by atoms with E-state index in [1.165, 1.54) is 0 Å². The second kappa shape index (κ2) is 3.05. The maximum Gasteiger partial charge on any atom is 0.0951 e. The summed E-state index contributed by atoms with van der Waals surface area (Å²) < 4.78 is 5.28. The lowest BCUT2D eigenvalue weighted by molar-refractivity contribution is 0.0875. The van der Waals surface area contributed by atoms with Gasteiger partial charge in [-0.2, -0.15) is 0 Å². The van der Waals surface area contributed by atoms with Gasteiger partial charge >= 0.3 is 0 Å². The van der Waals surface area contributed by atoms with Gasteiger partial charge in [0.1, 0.15) is 0 Å². The van der Waals surface area contributed by atoms with Crippen molar-refractivity contribution in [2.24, 2.45) is 0 Å². The first-order valence-corrected chi connectivity index (χ1v) is 3.41. The van der Waals surface area contributed by atoms with Gasteiger partial charge in [0.25, 0.3) is 0 Å². The number of nitrogens with one attached hydrogen (secondary N) is 1. The number of aliphatic hydroxyl groups excluding tert-OH is 1. The van der Waals surface area contributed by atoms with Crippen molar-refractivity contribution in [3.05, 3.63) is 0 Å². The van der Waals surface area contributed by atoms with Crippen LogP contribution in [0.5, 0.6) is 0 Å². The summed E-state index contributed by atoms with van der Waals surface area (Å²) in [6.07, 6.45) is 1.08. The molecule has 0 amide bonds. The summed E-state index contributed by atoms with van der Waals surface area (Å²) in [4.78, 5) is 0. The molecule has 2 rings (SSSR count). The molecule has 60 valence electrons. The van der Waals surface area contributed by atoms with Gasteiger partial charge in [0.2, 0.25) is 0 Å². The minimum atomic E-state index is -0.266. The highest BCUT2D eigenvalue weighted by atomic mass is 35.5. The van der Waals surface area contributed by atoms with Gasteiger partial charge in [-0.15, -0.1) is 12.4 Å². The first kappa shape index (κ1) is 8.27. The van der Waals surface area contributed by atoms with Crippen molar-refractivity contribution in [3.63, 3.8) is 0 Å². The number of aliphatic hydroxyl groups is 1. The molecule has 2 aliphatic heterocycles. The molecular weight excluding hydrogens is 154 g/mol. The first-order chi connectivity index (χ1) is 4.38. The molecule has 0 aliphatic carbocycles. The second-order valence-electron chi connectivity index (χ2n) is 2.71. The monoisotopic (exact) mass is 165 g/mol. The molecule has 0 radical (unpaired) electrons. The Balaban J connectivity index is 0.000000500. The SMILES string of the molecule is Cl.OC1CO[C@@H]2CCNC12. The van der Waals surface area contributed by atoms with Crippen LogP contribution in [0.4, 0.5) is 0 Å². The molecule has 3 atom stereocenters. The normalized spacial score (nSPS) is 44.7. The molecule has 0 bridgehead atoms. The number of hydrogen-bond donors (Lipinski definition) is 2. The molecule has 0 saturated carbocycles. The fourth-order valence-electron chi connectivity index (χ4n) is 1.60. The molecule has 2 unspecified atom stereocenters. The van der Waals surface area contributed by atoms with Crippen LogP contribution in [0, 0.1) is 0 Å². The average molecular weight is 166 g/mol. The van der Waals surface area contributed by atoms with Gasteiger partial charge in [-0.05, 0) is 13.0 Å². The fraction of sp³-hybridized carbons (Fsp3) is 1.00. The van der Waals surface area contributed by atoms with Crippen molar-refractivity contribution >= 4 is 12.4 Å². The Morgan fingerprint density at radius 2 is 2.30 bits per heavy atom. The van der Waals surface area contributed by atoms with E-state index in [0.29, 0.717) is 12.7 Å². The Morgan fingerprint density at radius 1 is 1.50 bits per heavy atom. The van der Waals surface area contributed by atoms with Crippen LogP contribution in [0.15, 0.2) is 0 Å². The summed E-state index contributed by atoms with van der Waals surface area (Å²) in [7, 11) is 0. The van der Waals surface area contributed by atoms with Gasteiger partial charge in [0.15, 0.2) is 0 Å². The van der Waals surface area contributed by atoms with Crippen LogP contribution in [0.1, 0.15) is 6.42 Å². The van der Waals surface area contributed by atoms with Gasteiger partial charge in [0.05, 0.1) is 24.9 Å². The van der Waals surface area contributed by atoms with Crippen LogP contribution in [0.2, 0.25) is 0 Å².